The van der Waals surface area contributed by atoms with Crippen molar-refractivity contribution in [2.75, 3.05) is 4.90 Å². The highest BCUT2D eigenvalue weighted by Crippen LogP contribution is 2.61. The fraction of sp³-hybridized carbons (Fsp3) is 0.300. The number of benzene rings is 2. The van der Waals surface area contributed by atoms with Crippen LogP contribution < -0.4 is 4.90 Å². The fourth-order valence-corrected chi connectivity index (χ4v) is 5.16. The lowest BCUT2D eigenvalue weighted by Gasteiger charge is -2.28. The van der Waals surface area contributed by atoms with Gasteiger partial charge in [-0.05, 0) is 37.3 Å². The largest absolute Gasteiger partial charge is 0.277 e. The Morgan fingerprint density at radius 3 is 2.54 bits per heavy atom. The Kier molecular flexibility index (Phi) is 2.81. The van der Waals surface area contributed by atoms with E-state index in [9.17, 15) is 19.7 Å². The third-order valence-corrected chi connectivity index (χ3v) is 6.43. The first kappa shape index (κ1) is 15.3. The fourth-order valence-electron chi connectivity index (χ4n) is 5.16. The molecule has 3 aliphatic rings. The van der Waals surface area contributed by atoms with Crippen LogP contribution in [0.5, 0.6) is 0 Å². The number of carbonyl (C=O) groups is 2. The third-order valence-electron chi connectivity index (χ3n) is 6.43. The second-order valence-electron chi connectivity index (χ2n) is 7.54. The summed E-state index contributed by atoms with van der Waals surface area (Å²) in [5.41, 5.74) is -0.299. The molecule has 1 heterocycles. The van der Waals surface area contributed by atoms with Gasteiger partial charge < -0.3 is 0 Å². The van der Waals surface area contributed by atoms with Crippen molar-refractivity contribution in [1.82, 2.24) is 0 Å². The molecule has 2 amide bonds. The highest BCUT2D eigenvalue weighted by Gasteiger charge is 2.67. The minimum Gasteiger partial charge on any atom is -0.274 e. The van der Waals surface area contributed by atoms with Gasteiger partial charge in [0.25, 0.3) is 5.69 Å². The molecule has 130 valence electrons. The third kappa shape index (κ3) is 1.62. The molecule has 2 aromatic rings. The Balaban J connectivity index is 1.71. The van der Waals surface area contributed by atoms with Crippen LogP contribution in [0.4, 0.5) is 11.4 Å². The standard InChI is InChI=1S/C20H16N2O4/c1-20-12-7-6-11(10-12)17(20)18(23)21(19(20)24)15-8-9-16(22(25)26)14-5-3-2-4-13(14)15/h2-9,11-12,17H,10H2,1H3/t11-,12+,17+,20+/m0/s1. The zero-order valence-corrected chi connectivity index (χ0v) is 14.1. The Bertz CT molecular complexity index is 1040. The summed E-state index contributed by atoms with van der Waals surface area (Å²) in [5.74, 6) is -0.519. The summed E-state index contributed by atoms with van der Waals surface area (Å²) in [7, 11) is 0. The average Bonchev–Trinajstić information content (AvgIpc) is 3.26. The molecule has 0 aromatic heterocycles. The monoisotopic (exact) mass is 348 g/mol. The Hall–Kier alpha value is -3.02. The number of anilines is 1. The van der Waals surface area contributed by atoms with Crippen molar-refractivity contribution in [1.29, 1.82) is 0 Å². The van der Waals surface area contributed by atoms with Gasteiger partial charge in [0.1, 0.15) is 0 Å². The number of non-ortho nitro benzene ring substituents is 1. The Morgan fingerprint density at radius 2 is 1.85 bits per heavy atom. The van der Waals surface area contributed by atoms with Gasteiger partial charge in [0.15, 0.2) is 0 Å². The summed E-state index contributed by atoms with van der Waals surface area (Å²) in [5, 5.41) is 12.3. The van der Waals surface area contributed by atoms with Crippen molar-refractivity contribution in [3.05, 3.63) is 58.7 Å². The highest BCUT2D eigenvalue weighted by atomic mass is 16.6. The van der Waals surface area contributed by atoms with Gasteiger partial charge in [0, 0.05) is 11.5 Å². The van der Waals surface area contributed by atoms with Crippen LogP contribution in [0.1, 0.15) is 13.3 Å². The molecule has 1 saturated heterocycles. The van der Waals surface area contributed by atoms with Crippen LogP contribution >= 0.6 is 0 Å². The van der Waals surface area contributed by atoms with Crippen LogP contribution in [-0.2, 0) is 9.59 Å². The first-order valence-corrected chi connectivity index (χ1v) is 8.67. The minimum atomic E-state index is -0.709. The molecule has 1 saturated carbocycles. The number of rotatable bonds is 2. The topological polar surface area (TPSA) is 80.5 Å². The number of nitrogens with zero attached hydrogens (tertiary/aromatic N) is 2. The van der Waals surface area contributed by atoms with Crippen LogP contribution in [0.2, 0.25) is 0 Å². The van der Waals surface area contributed by atoms with E-state index in [2.05, 4.69) is 12.2 Å². The van der Waals surface area contributed by atoms with Crippen molar-refractivity contribution in [3.8, 4) is 0 Å². The van der Waals surface area contributed by atoms with E-state index in [-0.39, 0.29) is 35.3 Å². The van der Waals surface area contributed by atoms with E-state index in [1.54, 1.807) is 24.3 Å². The lowest BCUT2D eigenvalue weighted by Crippen LogP contribution is -2.37. The molecule has 0 spiro atoms. The maximum Gasteiger partial charge on any atom is 0.277 e. The number of hydrogen-bond donors (Lipinski definition) is 0. The normalized spacial score (nSPS) is 31.9. The summed E-state index contributed by atoms with van der Waals surface area (Å²) in [4.78, 5) is 38.7. The molecule has 4 atom stereocenters. The van der Waals surface area contributed by atoms with Crippen LogP contribution in [0.25, 0.3) is 10.8 Å². The van der Waals surface area contributed by atoms with Gasteiger partial charge in [0.2, 0.25) is 11.8 Å². The number of allylic oxidation sites excluding steroid dienone is 2. The zero-order valence-electron chi connectivity index (χ0n) is 14.1. The Labute approximate surface area is 149 Å². The minimum absolute atomic E-state index is 0.0309. The van der Waals surface area contributed by atoms with Gasteiger partial charge in [-0.25, -0.2) is 4.90 Å². The maximum atomic E-state index is 13.3. The molecular formula is C20H16N2O4. The lowest BCUT2D eigenvalue weighted by atomic mass is 9.71. The Morgan fingerprint density at radius 1 is 1.12 bits per heavy atom. The van der Waals surface area contributed by atoms with Crippen LogP contribution in [0.15, 0.2) is 48.6 Å². The van der Waals surface area contributed by atoms with Gasteiger partial charge in [-0.2, -0.15) is 0 Å². The lowest BCUT2D eigenvalue weighted by molar-refractivity contribution is -0.383. The molecule has 2 fully saturated rings. The molecule has 5 rings (SSSR count). The van der Waals surface area contributed by atoms with E-state index in [0.29, 0.717) is 16.5 Å². The van der Waals surface area contributed by atoms with E-state index in [0.717, 1.165) is 6.42 Å². The van der Waals surface area contributed by atoms with E-state index in [1.165, 1.54) is 17.0 Å². The summed E-state index contributed by atoms with van der Waals surface area (Å²) in [6, 6.07) is 9.75. The highest BCUT2D eigenvalue weighted by molar-refractivity contribution is 6.27. The van der Waals surface area contributed by atoms with Crippen molar-refractivity contribution >= 4 is 34.0 Å². The van der Waals surface area contributed by atoms with Gasteiger partial charge in [-0.1, -0.05) is 30.4 Å². The van der Waals surface area contributed by atoms with Crippen LogP contribution in [-0.4, -0.2) is 16.7 Å². The van der Waals surface area contributed by atoms with Gasteiger partial charge in [-0.15, -0.1) is 0 Å². The van der Waals surface area contributed by atoms with Gasteiger partial charge >= 0.3 is 0 Å². The molecule has 2 aromatic carbocycles. The van der Waals surface area contributed by atoms with Crippen molar-refractivity contribution in [2.24, 2.45) is 23.2 Å². The predicted molar refractivity (Wildman–Crippen MR) is 95.4 cm³/mol. The molecular weight excluding hydrogens is 332 g/mol. The number of hydrogen-bond acceptors (Lipinski definition) is 4. The van der Waals surface area contributed by atoms with Crippen LogP contribution in [0, 0.1) is 33.3 Å². The zero-order chi connectivity index (χ0) is 18.2. The maximum absolute atomic E-state index is 13.3. The number of imide groups is 1. The van der Waals surface area contributed by atoms with E-state index in [4.69, 9.17) is 0 Å². The number of amides is 2. The molecule has 0 unspecified atom stereocenters. The quantitative estimate of drug-likeness (QED) is 0.360. The number of fused-ring (bicyclic) bond motifs is 6. The smallest absolute Gasteiger partial charge is 0.274 e. The van der Waals surface area contributed by atoms with E-state index in [1.807, 2.05) is 6.92 Å². The first-order valence-electron chi connectivity index (χ1n) is 8.67. The number of carbonyl (C=O) groups excluding carboxylic acids is 2. The van der Waals surface area contributed by atoms with E-state index < -0.39 is 10.3 Å². The van der Waals surface area contributed by atoms with Gasteiger partial charge in [0.05, 0.1) is 27.3 Å². The molecule has 0 N–H and O–H groups in total. The second-order valence-corrected chi connectivity index (χ2v) is 7.54. The number of nitro benzene ring substituents is 1. The average molecular weight is 348 g/mol. The summed E-state index contributed by atoms with van der Waals surface area (Å²) in [6.45, 7) is 1.89. The van der Waals surface area contributed by atoms with Crippen molar-refractivity contribution in [2.45, 2.75) is 13.3 Å². The molecule has 2 bridgehead atoms. The van der Waals surface area contributed by atoms with Gasteiger partial charge in [-0.3, -0.25) is 19.7 Å². The molecule has 6 heteroatoms. The molecule has 0 radical (unpaired) electrons. The second kappa shape index (κ2) is 4.78. The van der Waals surface area contributed by atoms with Crippen molar-refractivity contribution < 1.29 is 14.5 Å². The summed E-state index contributed by atoms with van der Waals surface area (Å²) >= 11 is 0. The molecule has 6 nitrogen and oxygen atoms in total. The first-order chi connectivity index (χ1) is 12.4. The predicted octanol–water partition coefficient (Wildman–Crippen LogP) is 3.45. The molecule has 26 heavy (non-hydrogen) atoms. The number of nitro groups is 1. The van der Waals surface area contributed by atoms with Crippen LogP contribution in [0.3, 0.4) is 0 Å². The SMILES string of the molecule is C[C@]12C(=O)N(c3ccc([N+](=O)[O-])c4ccccc34)C(=O)[C@H]1[C@H]1C=C[C@@H]2C1. The van der Waals surface area contributed by atoms with Crippen molar-refractivity contribution in [3.63, 3.8) is 0 Å². The molecule has 1 aliphatic heterocycles. The summed E-state index contributed by atoms with van der Waals surface area (Å²) < 4.78 is 0. The molecule has 2 aliphatic carbocycles. The van der Waals surface area contributed by atoms with E-state index >= 15 is 0 Å². The summed E-state index contributed by atoms with van der Waals surface area (Å²) in [6.07, 6.45) is 4.97.